The summed E-state index contributed by atoms with van der Waals surface area (Å²) >= 11 is 15.9. The van der Waals surface area contributed by atoms with Gasteiger partial charge >= 0.3 is 0 Å². The molecule has 0 aliphatic rings. The molecule has 44 heavy (non-hydrogen) atoms. The normalized spacial score (nSPS) is 11.9. The van der Waals surface area contributed by atoms with E-state index in [1.54, 1.807) is 61.5 Å². The fourth-order valence-electron chi connectivity index (χ4n) is 4.65. The van der Waals surface area contributed by atoms with Gasteiger partial charge in [0.1, 0.15) is 12.6 Å². The van der Waals surface area contributed by atoms with Crippen LogP contribution in [0.5, 0.6) is 0 Å². The van der Waals surface area contributed by atoms with Crippen LogP contribution in [0.1, 0.15) is 23.6 Å². The minimum atomic E-state index is -4.18. The van der Waals surface area contributed by atoms with Crippen LogP contribution in [0.15, 0.2) is 106 Å². The van der Waals surface area contributed by atoms with Crippen molar-refractivity contribution in [1.29, 1.82) is 0 Å². The summed E-state index contributed by atoms with van der Waals surface area (Å²) in [7, 11) is -4.18. The number of sulfonamides is 1. The minimum absolute atomic E-state index is 0.0108. The molecule has 230 valence electrons. The Labute approximate surface area is 277 Å². The van der Waals surface area contributed by atoms with Crippen LogP contribution in [-0.4, -0.2) is 44.3 Å². The smallest absolute Gasteiger partial charge is 0.264 e. The van der Waals surface area contributed by atoms with Crippen molar-refractivity contribution >= 4 is 66.7 Å². The maximum atomic E-state index is 14.4. The molecule has 0 fully saturated rings. The van der Waals surface area contributed by atoms with Gasteiger partial charge in [0, 0.05) is 24.0 Å². The zero-order valence-electron chi connectivity index (χ0n) is 24.2. The molecule has 4 rings (SSSR count). The third kappa shape index (κ3) is 8.41. The molecule has 0 aliphatic carbocycles. The zero-order valence-corrected chi connectivity index (χ0v) is 28.1. The molecule has 4 aromatic rings. The molecule has 0 radical (unpaired) electrons. The Morgan fingerprint density at radius 1 is 0.864 bits per heavy atom. The third-order valence-corrected chi connectivity index (χ3v) is 10.0. The van der Waals surface area contributed by atoms with Gasteiger partial charge in [-0.3, -0.25) is 13.9 Å². The van der Waals surface area contributed by atoms with Crippen molar-refractivity contribution in [3.05, 3.63) is 128 Å². The molecule has 4 aromatic carbocycles. The molecule has 2 amide bonds. The summed E-state index contributed by atoms with van der Waals surface area (Å²) < 4.78 is 29.9. The molecule has 0 aromatic heterocycles. The molecule has 0 bridgehead atoms. The van der Waals surface area contributed by atoms with Crippen molar-refractivity contribution in [3.8, 4) is 0 Å². The van der Waals surface area contributed by atoms with Crippen LogP contribution in [0.2, 0.25) is 10.0 Å². The van der Waals surface area contributed by atoms with E-state index in [0.717, 1.165) is 19.9 Å². The summed E-state index contributed by atoms with van der Waals surface area (Å²) in [6.07, 6.45) is 0.211. The lowest BCUT2D eigenvalue weighted by molar-refractivity contribution is -0.140. The van der Waals surface area contributed by atoms with Crippen LogP contribution < -0.4 is 9.62 Å². The monoisotopic (exact) mass is 715 g/mol. The van der Waals surface area contributed by atoms with Gasteiger partial charge in [-0.15, -0.1) is 0 Å². The summed E-state index contributed by atoms with van der Waals surface area (Å²) in [6.45, 7) is 3.45. The van der Waals surface area contributed by atoms with E-state index < -0.39 is 28.5 Å². The van der Waals surface area contributed by atoms with Crippen molar-refractivity contribution in [3.63, 3.8) is 0 Å². The number of rotatable bonds is 12. The molecule has 7 nitrogen and oxygen atoms in total. The van der Waals surface area contributed by atoms with Crippen LogP contribution in [0.3, 0.4) is 0 Å². The molecular formula is C33H32BrCl2N3O4S. The molecule has 0 spiro atoms. The van der Waals surface area contributed by atoms with E-state index in [1.807, 2.05) is 37.3 Å². The van der Waals surface area contributed by atoms with Gasteiger partial charge in [-0.25, -0.2) is 8.42 Å². The van der Waals surface area contributed by atoms with Gasteiger partial charge < -0.3 is 10.2 Å². The quantitative estimate of drug-likeness (QED) is 0.171. The molecule has 1 atom stereocenters. The first kappa shape index (κ1) is 33.5. The predicted molar refractivity (Wildman–Crippen MR) is 179 cm³/mol. The van der Waals surface area contributed by atoms with Crippen LogP contribution >= 0.6 is 39.1 Å². The van der Waals surface area contributed by atoms with Gasteiger partial charge in [0.25, 0.3) is 10.0 Å². The van der Waals surface area contributed by atoms with E-state index in [0.29, 0.717) is 27.8 Å². The number of halogens is 3. The number of amides is 2. The number of carbonyl (C=O) groups is 2. The predicted octanol–water partition coefficient (Wildman–Crippen LogP) is 7.04. The van der Waals surface area contributed by atoms with E-state index in [-0.39, 0.29) is 23.8 Å². The molecule has 0 heterocycles. The Bertz CT molecular complexity index is 1700. The topological polar surface area (TPSA) is 86.8 Å². The lowest BCUT2D eigenvalue weighted by atomic mass is 10.0. The van der Waals surface area contributed by atoms with Crippen molar-refractivity contribution in [1.82, 2.24) is 10.2 Å². The Morgan fingerprint density at radius 2 is 1.52 bits per heavy atom. The molecule has 11 heteroatoms. The number of nitrogens with zero attached hydrogens (tertiary/aromatic N) is 2. The van der Waals surface area contributed by atoms with Crippen molar-refractivity contribution in [2.45, 2.75) is 37.8 Å². The lowest BCUT2D eigenvalue weighted by Gasteiger charge is -2.34. The zero-order chi connectivity index (χ0) is 31.9. The van der Waals surface area contributed by atoms with Gasteiger partial charge in [0.15, 0.2) is 0 Å². The SMILES string of the molecule is CCNC(=O)[C@@H](Cc1ccccc1)N(Cc1ccc(Cl)c(Cl)c1)C(=O)CN(c1ccc(Br)cc1)S(=O)(=O)c1ccc(C)cc1. The van der Waals surface area contributed by atoms with Crippen LogP contribution in [0.4, 0.5) is 5.69 Å². The first-order valence-electron chi connectivity index (χ1n) is 13.9. The Hall–Kier alpha value is -3.37. The van der Waals surface area contributed by atoms with E-state index in [9.17, 15) is 18.0 Å². The average Bonchev–Trinajstić information content (AvgIpc) is 3.00. The highest BCUT2D eigenvalue weighted by Crippen LogP contribution is 2.28. The van der Waals surface area contributed by atoms with Gasteiger partial charge in [-0.2, -0.15) is 0 Å². The van der Waals surface area contributed by atoms with E-state index in [1.165, 1.54) is 17.0 Å². The number of anilines is 1. The summed E-state index contributed by atoms with van der Waals surface area (Å²) in [5.41, 5.74) is 2.67. The summed E-state index contributed by atoms with van der Waals surface area (Å²) in [5, 5.41) is 3.49. The van der Waals surface area contributed by atoms with Gasteiger partial charge in [-0.1, -0.05) is 93.2 Å². The third-order valence-electron chi connectivity index (χ3n) is 6.96. The molecule has 0 saturated heterocycles. The second kappa shape index (κ2) is 15.1. The van der Waals surface area contributed by atoms with Crippen LogP contribution in [0, 0.1) is 6.92 Å². The Kier molecular flexibility index (Phi) is 11.5. The van der Waals surface area contributed by atoms with Gasteiger partial charge in [0.2, 0.25) is 11.8 Å². The highest BCUT2D eigenvalue weighted by Gasteiger charge is 2.34. The number of carbonyl (C=O) groups excluding carboxylic acids is 2. The highest BCUT2D eigenvalue weighted by molar-refractivity contribution is 9.10. The first-order valence-corrected chi connectivity index (χ1v) is 16.9. The molecule has 0 aliphatic heterocycles. The summed E-state index contributed by atoms with van der Waals surface area (Å²) in [5.74, 6) is -0.928. The van der Waals surface area contributed by atoms with E-state index in [4.69, 9.17) is 23.2 Å². The molecule has 1 N–H and O–H groups in total. The number of benzene rings is 4. The van der Waals surface area contributed by atoms with Gasteiger partial charge in [0.05, 0.1) is 20.6 Å². The van der Waals surface area contributed by atoms with Crippen LogP contribution in [0.25, 0.3) is 0 Å². The van der Waals surface area contributed by atoms with Crippen molar-refractivity contribution in [2.24, 2.45) is 0 Å². The molecular weight excluding hydrogens is 685 g/mol. The second-order valence-electron chi connectivity index (χ2n) is 10.2. The number of hydrogen-bond acceptors (Lipinski definition) is 4. The Balaban J connectivity index is 1.80. The van der Waals surface area contributed by atoms with Crippen molar-refractivity contribution < 1.29 is 18.0 Å². The highest BCUT2D eigenvalue weighted by atomic mass is 79.9. The second-order valence-corrected chi connectivity index (χ2v) is 13.8. The van der Waals surface area contributed by atoms with Crippen LogP contribution in [-0.2, 0) is 32.6 Å². The first-order chi connectivity index (χ1) is 21.0. The number of likely N-dealkylation sites (N-methyl/N-ethyl adjacent to an activating group) is 1. The van der Waals surface area contributed by atoms with Gasteiger partial charge in [-0.05, 0) is 73.5 Å². The van der Waals surface area contributed by atoms with E-state index >= 15 is 0 Å². The molecule has 0 saturated carbocycles. The maximum Gasteiger partial charge on any atom is 0.264 e. The maximum absolute atomic E-state index is 14.4. The lowest BCUT2D eigenvalue weighted by Crippen LogP contribution is -2.53. The molecule has 0 unspecified atom stereocenters. The summed E-state index contributed by atoms with van der Waals surface area (Å²) in [4.78, 5) is 29.4. The number of nitrogens with one attached hydrogen (secondary N) is 1. The fraction of sp³-hybridized carbons (Fsp3) is 0.212. The standard InChI is InChI=1S/C33H32BrCl2N3O4S/c1-3-37-33(41)31(20-24-7-5-4-6-8-24)38(21-25-11-18-29(35)30(36)19-25)32(40)22-39(27-14-12-26(34)13-15-27)44(42,43)28-16-9-23(2)10-17-28/h4-19,31H,3,20-22H2,1-2H3,(H,37,41)/t31-/m1/s1. The number of aryl methyl sites for hydroxylation is 1. The fourth-order valence-corrected chi connectivity index (χ4v) is 6.65. The average molecular weight is 718 g/mol. The largest absolute Gasteiger partial charge is 0.355 e. The minimum Gasteiger partial charge on any atom is -0.355 e. The van der Waals surface area contributed by atoms with Crippen molar-refractivity contribution in [2.75, 3.05) is 17.4 Å². The Morgan fingerprint density at radius 3 is 2.14 bits per heavy atom. The number of hydrogen-bond donors (Lipinski definition) is 1. The summed E-state index contributed by atoms with van der Waals surface area (Å²) in [6, 6.07) is 26.5. The van der Waals surface area contributed by atoms with E-state index in [2.05, 4.69) is 21.2 Å².